The molecule has 1 aromatic rings. The number of hydrogen-bond donors (Lipinski definition) is 1. The Hall–Kier alpha value is -1.34. The highest BCUT2D eigenvalue weighted by Crippen LogP contribution is 2.28. The molecule has 1 aliphatic rings. The van der Waals surface area contributed by atoms with E-state index < -0.39 is 0 Å². The van der Waals surface area contributed by atoms with Gasteiger partial charge in [0.2, 0.25) is 0 Å². The van der Waals surface area contributed by atoms with Crippen molar-refractivity contribution in [1.29, 1.82) is 0 Å². The molecule has 0 aliphatic heterocycles. The second kappa shape index (κ2) is 4.45. The molecule has 1 aromatic carbocycles. The van der Waals surface area contributed by atoms with Gasteiger partial charge in [-0.1, -0.05) is 54.1 Å². The molecule has 78 valence electrons. The molecule has 15 heavy (non-hydrogen) atoms. The summed E-state index contributed by atoms with van der Waals surface area (Å²) in [6, 6.07) is 8.10. The van der Waals surface area contributed by atoms with Crippen LogP contribution in [0.15, 0.2) is 48.6 Å². The summed E-state index contributed by atoms with van der Waals surface area (Å²) in [5.74, 6) is 0.220. The summed E-state index contributed by atoms with van der Waals surface area (Å²) < 4.78 is 0. The van der Waals surface area contributed by atoms with Crippen LogP contribution in [0.4, 0.5) is 0 Å². The van der Waals surface area contributed by atoms with E-state index in [1.54, 1.807) is 0 Å². The highest BCUT2D eigenvalue weighted by atomic mass is 16.3. The molecule has 0 radical (unpaired) electrons. The van der Waals surface area contributed by atoms with E-state index in [-0.39, 0.29) is 12.0 Å². The number of hydrogen-bond acceptors (Lipinski definition) is 1. The van der Waals surface area contributed by atoms with Crippen molar-refractivity contribution in [3.05, 3.63) is 59.7 Å². The Morgan fingerprint density at radius 2 is 1.93 bits per heavy atom. The molecule has 0 bridgehead atoms. The molecule has 1 nitrogen and oxygen atoms in total. The van der Waals surface area contributed by atoms with Gasteiger partial charge in [-0.15, -0.1) is 0 Å². The van der Waals surface area contributed by atoms with Gasteiger partial charge < -0.3 is 5.11 Å². The lowest BCUT2D eigenvalue weighted by Crippen LogP contribution is -2.10. The van der Waals surface area contributed by atoms with Gasteiger partial charge in [0.15, 0.2) is 0 Å². The Labute approximate surface area is 90.8 Å². The van der Waals surface area contributed by atoms with E-state index in [1.807, 2.05) is 36.4 Å². The van der Waals surface area contributed by atoms with Gasteiger partial charge in [-0.25, -0.2) is 0 Å². The predicted molar refractivity (Wildman–Crippen MR) is 62.5 cm³/mol. The topological polar surface area (TPSA) is 20.2 Å². The average molecular weight is 200 g/mol. The first-order chi connectivity index (χ1) is 7.27. The van der Waals surface area contributed by atoms with Gasteiger partial charge in [0.05, 0.1) is 6.10 Å². The van der Waals surface area contributed by atoms with Crippen molar-refractivity contribution in [2.45, 2.75) is 19.4 Å². The van der Waals surface area contributed by atoms with Crippen LogP contribution >= 0.6 is 0 Å². The minimum absolute atomic E-state index is 0.220. The lowest BCUT2D eigenvalue weighted by atomic mass is 9.90. The summed E-state index contributed by atoms with van der Waals surface area (Å²) in [6.45, 7) is 2.05. The van der Waals surface area contributed by atoms with Gasteiger partial charge in [0, 0.05) is 5.92 Å². The molecule has 0 saturated carbocycles. The van der Waals surface area contributed by atoms with Crippen LogP contribution in [-0.4, -0.2) is 5.11 Å². The van der Waals surface area contributed by atoms with Crippen LogP contribution < -0.4 is 0 Å². The molecule has 1 N–H and O–H groups in total. The normalized spacial score (nSPS) is 21.6. The molecule has 0 saturated heterocycles. The lowest BCUT2D eigenvalue weighted by molar-refractivity contribution is 0.132. The smallest absolute Gasteiger partial charge is 0.0855 e. The molecule has 0 amide bonds. The van der Waals surface area contributed by atoms with E-state index in [4.69, 9.17) is 0 Å². The number of aliphatic hydroxyl groups excluding tert-OH is 1. The van der Waals surface area contributed by atoms with E-state index >= 15 is 0 Å². The van der Waals surface area contributed by atoms with E-state index in [0.29, 0.717) is 0 Å². The second-order valence-electron chi connectivity index (χ2n) is 4.07. The zero-order valence-corrected chi connectivity index (χ0v) is 8.93. The molecule has 2 rings (SSSR count). The highest BCUT2D eigenvalue weighted by Gasteiger charge is 2.17. The van der Waals surface area contributed by atoms with Gasteiger partial charge in [0.25, 0.3) is 0 Å². The molecule has 1 aliphatic carbocycles. The molecule has 0 spiro atoms. The summed E-state index contributed by atoms with van der Waals surface area (Å²) in [7, 11) is 0. The van der Waals surface area contributed by atoms with Crippen molar-refractivity contribution in [2.75, 3.05) is 0 Å². The van der Waals surface area contributed by atoms with Crippen molar-refractivity contribution < 1.29 is 5.11 Å². The Morgan fingerprint density at radius 1 is 1.20 bits per heavy atom. The number of aliphatic hydroxyl groups is 1. The SMILES string of the molecule is Cc1ccc([C@@H](O)[C@H]2C=CC=CC2)cc1. The third-order valence-electron chi connectivity index (χ3n) is 2.84. The zero-order valence-electron chi connectivity index (χ0n) is 8.93. The molecule has 1 heteroatoms. The second-order valence-corrected chi connectivity index (χ2v) is 4.07. The van der Waals surface area contributed by atoms with Crippen LogP contribution in [0.2, 0.25) is 0 Å². The molecule has 0 unspecified atom stereocenters. The lowest BCUT2D eigenvalue weighted by Gasteiger charge is -2.20. The largest absolute Gasteiger partial charge is 0.388 e. The van der Waals surface area contributed by atoms with Crippen molar-refractivity contribution >= 4 is 0 Å². The number of rotatable bonds is 2. The van der Waals surface area contributed by atoms with Crippen molar-refractivity contribution in [1.82, 2.24) is 0 Å². The van der Waals surface area contributed by atoms with Crippen LogP contribution in [-0.2, 0) is 0 Å². The van der Waals surface area contributed by atoms with Gasteiger partial charge in [-0.05, 0) is 18.9 Å². The number of allylic oxidation sites excluding steroid dienone is 3. The van der Waals surface area contributed by atoms with E-state index in [9.17, 15) is 5.11 Å². The third kappa shape index (κ3) is 2.37. The molecule has 0 heterocycles. The maximum Gasteiger partial charge on any atom is 0.0855 e. The summed E-state index contributed by atoms with van der Waals surface area (Å²) in [5, 5.41) is 10.2. The van der Waals surface area contributed by atoms with Crippen LogP contribution in [0.1, 0.15) is 23.7 Å². The van der Waals surface area contributed by atoms with Crippen molar-refractivity contribution in [2.24, 2.45) is 5.92 Å². The summed E-state index contributed by atoms with van der Waals surface area (Å²) in [6.07, 6.45) is 8.74. The fraction of sp³-hybridized carbons (Fsp3) is 0.286. The van der Waals surface area contributed by atoms with Crippen LogP contribution in [0.3, 0.4) is 0 Å². The van der Waals surface area contributed by atoms with Crippen LogP contribution in [0.5, 0.6) is 0 Å². The van der Waals surface area contributed by atoms with Gasteiger partial charge in [-0.3, -0.25) is 0 Å². The Bertz CT molecular complexity index is 373. The first kappa shape index (κ1) is 10.2. The van der Waals surface area contributed by atoms with E-state index in [0.717, 1.165) is 12.0 Å². The van der Waals surface area contributed by atoms with Gasteiger partial charge in [0.1, 0.15) is 0 Å². The van der Waals surface area contributed by atoms with Crippen LogP contribution in [0, 0.1) is 12.8 Å². The van der Waals surface area contributed by atoms with E-state index in [1.165, 1.54) is 5.56 Å². The number of benzene rings is 1. The summed E-state index contributed by atoms with van der Waals surface area (Å²) in [4.78, 5) is 0. The molecular weight excluding hydrogens is 184 g/mol. The highest BCUT2D eigenvalue weighted by molar-refractivity contribution is 5.25. The maximum absolute atomic E-state index is 10.2. The van der Waals surface area contributed by atoms with Crippen LogP contribution in [0.25, 0.3) is 0 Å². The fourth-order valence-electron chi connectivity index (χ4n) is 1.84. The maximum atomic E-state index is 10.2. The van der Waals surface area contributed by atoms with Gasteiger partial charge >= 0.3 is 0 Å². The number of aryl methyl sites for hydroxylation is 1. The molecular formula is C14H16O. The standard InChI is InChI=1S/C14H16O/c1-11-7-9-13(10-8-11)14(15)12-5-3-2-4-6-12/h2-5,7-10,12,14-15H,6H2,1H3/t12-,14-/m0/s1. The molecule has 0 fully saturated rings. The quantitative estimate of drug-likeness (QED) is 0.777. The molecule has 2 atom stereocenters. The Kier molecular flexibility index (Phi) is 3.02. The molecule has 0 aromatic heterocycles. The first-order valence-corrected chi connectivity index (χ1v) is 5.35. The zero-order chi connectivity index (χ0) is 10.7. The predicted octanol–water partition coefficient (Wildman–Crippen LogP) is 3.16. The third-order valence-corrected chi connectivity index (χ3v) is 2.84. The summed E-state index contributed by atoms with van der Waals surface area (Å²) >= 11 is 0. The Morgan fingerprint density at radius 3 is 2.53 bits per heavy atom. The summed E-state index contributed by atoms with van der Waals surface area (Å²) in [5.41, 5.74) is 2.23. The Balaban J connectivity index is 2.13. The minimum atomic E-state index is -0.383. The minimum Gasteiger partial charge on any atom is -0.388 e. The van der Waals surface area contributed by atoms with Crippen molar-refractivity contribution in [3.8, 4) is 0 Å². The fourth-order valence-corrected chi connectivity index (χ4v) is 1.84. The van der Waals surface area contributed by atoms with E-state index in [2.05, 4.69) is 19.1 Å². The first-order valence-electron chi connectivity index (χ1n) is 5.35. The van der Waals surface area contributed by atoms with Crippen molar-refractivity contribution in [3.63, 3.8) is 0 Å². The average Bonchev–Trinajstić information content (AvgIpc) is 2.30. The van der Waals surface area contributed by atoms with Gasteiger partial charge in [-0.2, -0.15) is 0 Å². The monoisotopic (exact) mass is 200 g/mol.